The van der Waals surface area contributed by atoms with Gasteiger partial charge in [-0.15, -0.1) is 0 Å². The third kappa shape index (κ3) is 4.31. The number of nitrogens with one attached hydrogen (secondary N) is 1. The normalized spacial score (nSPS) is 12.1. The van der Waals surface area contributed by atoms with Gasteiger partial charge in [0.25, 0.3) is 0 Å². The van der Waals surface area contributed by atoms with Gasteiger partial charge in [0.1, 0.15) is 0 Å². The molecule has 0 aliphatic carbocycles. The van der Waals surface area contributed by atoms with Crippen molar-refractivity contribution in [3.8, 4) is 0 Å². The fraction of sp³-hybridized carbons (Fsp3) is 0.235. The first kappa shape index (κ1) is 15.5. The number of aromatic carboxylic acids is 1. The minimum Gasteiger partial charge on any atom is -0.478 e. The standard InChI is InChI=1S/C17H18ClNO2/c1-2-16(14-4-3-5-15(18)10-14)19-11-12-6-8-13(9-7-12)17(20)21/h3-10,16,19H,2,11H2,1H3,(H,20,21). The highest BCUT2D eigenvalue weighted by Crippen LogP contribution is 2.20. The highest BCUT2D eigenvalue weighted by Gasteiger charge is 2.09. The van der Waals surface area contributed by atoms with Crippen molar-refractivity contribution in [1.82, 2.24) is 5.32 Å². The summed E-state index contributed by atoms with van der Waals surface area (Å²) >= 11 is 6.03. The molecule has 0 radical (unpaired) electrons. The zero-order chi connectivity index (χ0) is 15.2. The van der Waals surface area contributed by atoms with E-state index in [1.54, 1.807) is 12.1 Å². The number of hydrogen-bond acceptors (Lipinski definition) is 2. The number of carboxylic acid groups (broad SMARTS) is 1. The van der Waals surface area contributed by atoms with Gasteiger partial charge >= 0.3 is 5.97 Å². The van der Waals surface area contributed by atoms with Crippen LogP contribution in [0.2, 0.25) is 5.02 Å². The molecular weight excluding hydrogens is 286 g/mol. The van der Waals surface area contributed by atoms with Crippen molar-refractivity contribution < 1.29 is 9.90 Å². The summed E-state index contributed by atoms with van der Waals surface area (Å²) in [6, 6.07) is 15.0. The van der Waals surface area contributed by atoms with Crippen molar-refractivity contribution in [2.24, 2.45) is 0 Å². The number of benzene rings is 2. The highest BCUT2D eigenvalue weighted by molar-refractivity contribution is 6.30. The molecule has 0 saturated carbocycles. The molecule has 2 aromatic carbocycles. The fourth-order valence-electron chi connectivity index (χ4n) is 2.23. The molecule has 0 spiro atoms. The first-order valence-electron chi connectivity index (χ1n) is 6.91. The van der Waals surface area contributed by atoms with E-state index in [1.807, 2.05) is 30.3 Å². The average Bonchev–Trinajstić information content (AvgIpc) is 2.48. The second-order valence-corrected chi connectivity index (χ2v) is 5.34. The van der Waals surface area contributed by atoms with Gasteiger partial charge in [0.2, 0.25) is 0 Å². The van der Waals surface area contributed by atoms with E-state index in [2.05, 4.69) is 18.3 Å². The zero-order valence-corrected chi connectivity index (χ0v) is 12.6. The topological polar surface area (TPSA) is 49.3 Å². The number of halogens is 1. The van der Waals surface area contributed by atoms with Crippen LogP contribution in [0.3, 0.4) is 0 Å². The van der Waals surface area contributed by atoms with Gasteiger partial charge in [0.15, 0.2) is 0 Å². The van der Waals surface area contributed by atoms with Gasteiger partial charge < -0.3 is 10.4 Å². The smallest absolute Gasteiger partial charge is 0.335 e. The van der Waals surface area contributed by atoms with E-state index < -0.39 is 5.97 Å². The molecule has 1 atom stereocenters. The van der Waals surface area contributed by atoms with Crippen LogP contribution in [0.15, 0.2) is 48.5 Å². The molecule has 1 unspecified atom stereocenters. The number of carbonyl (C=O) groups is 1. The van der Waals surface area contributed by atoms with Crippen LogP contribution in [0.25, 0.3) is 0 Å². The minimum atomic E-state index is -0.903. The Labute approximate surface area is 129 Å². The molecule has 0 bridgehead atoms. The Morgan fingerprint density at radius 3 is 2.52 bits per heavy atom. The SMILES string of the molecule is CCC(NCc1ccc(C(=O)O)cc1)c1cccc(Cl)c1. The highest BCUT2D eigenvalue weighted by atomic mass is 35.5. The Hall–Kier alpha value is -1.84. The van der Waals surface area contributed by atoms with Crippen LogP contribution < -0.4 is 5.32 Å². The molecule has 3 nitrogen and oxygen atoms in total. The van der Waals surface area contributed by atoms with E-state index in [0.717, 1.165) is 22.6 Å². The summed E-state index contributed by atoms with van der Waals surface area (Å²) in [5.74, 6) is -0.903. The maximum Gasteiger partial charge on any atom is 0.335 e. The third-order valence-electron chi connectivity index (χ3n) is 3.41. The van der Waals surface area contributed by atoms with Crippen LogP contribution in [0.1, 0.15) is 40.9 Å². The lowest BCUT2D eigenvalue weighted by Gasteiger charge is -2.18. The lowest BCUT2D eigenvalue weighted by molar-refractivity contribution is 0.0697. The predicted octanol–water partition coefficient (Wildman–Crippen LogP) is 4.28. The molecule has 0 fully saturated rings. The van der Waals surface area contributed by atoms with Crippen molar-refractivity contribution in [2.75, 3.05) is 0 Å². The second kappa shape index (κ2) is 7.25. The molecule has 0 aliphatic heterocycles. The minimum absolute atomic E-state index is 0.225. The molecule has 21 heavy (non-hydrogen) atoms. The van der Waals surface area contributed by atoms with Crippen molar-refractivity contribution in [1.29, 1.82) is 0 Å². The molecular formula is C17H18ClNO2. The molecule has 0 amide bonds. The Morgan fingerprint density at radius 1 is 1.24 bits per heavy atom. The lowest BCUT2D eigenvalue weighted by atomic mass is 10.0. The molecule has 0 aromatic heterocycles. The van der Waals surface area contributed by atoms with Crippen LogP contribution in [0.5, 0.6) is 0 Å². The molecule has 0 saturated heterocycles. The summed E-state index contributed by atoms with van der Waals surface area (Å²) in [4.78, 5) is 10.8. The molecule has 2 rings (SSSR count). The second-order valence-electron chi connectivity index (χ2n) is 4.90. The quantitative estimate of drug-likeness (QED) is 0.837. The van der Waals surface area contributed by atoms with Gasteiger partial charge in [-0.3, -0.25) is 0 Å². The predicted molar refractivity (Wildman–Crippen MR) is 84.7 cm³/mol. The van der Waals surface area contributed by atoms with Crippen LogP contribution in [-0.4, -0.2) is 11.1 Å². The Bertz CT molecular complexity index is 610. The molecule has 110 valence electrons. The Morgan fingerprint density at radius 2 is 1.95 bits per heavy atom. The maximum absolute atomic E-state index is 10.8. The van der Waals surface area contributed by atoms with Gasteiger partial charge in [-0.05, 0) is 41.8 Å². The van der Waals surface area contributed by atoms with Crippen LogP contribution in [-0.2, 0) is 6.54 Å². The van der Waals surface area contributed by atoms with Crippen LogP contribution >= 0.6 is 11.6 Å². The van der Waals surface area contributed by atoms with Gasteiger partial charge in [-0.25, -0.2) is 4.79 Å². The molecule has 4 heteroatoms. The Balaban J connectivity index is 2.01. The van der Waals surface area contributed by atoms with Gasteiger partial charge in [-0.1, -0.05) is 42.8 Å². The first-order chi connectivity index (χ1) is 10.1. The van der Waals surface area contributed by atoms with E-state index in [4.69, 9.17) is 16.7 Å². The van der Waals surface area contributed by atoms with E-state index in [-0.39, 0.29) is 6.04 Å². The number of carboxylic acids is 1. The summed E-state index contributed by atoms with van der Waals surface area (Å²) in [5.41, 5.74) is 2.52. The monoisotopic (exact) mass is 303 g/mol. The van der Waals surface area contributed by atoms with Crippen molar-refractivity contribution in [3.05, 3.63) is 70.2 Å². The average molecular weight is 304 g/mol. The first-order valence-corrected chi connectivity index (χ1v) is 7.29. The maximum atomic E-state index is 10.8. The molecule has 0 aliphatic rings. The van der Waals surface area contributed by atoms with Gasteiger partial charge in [0, 0.05) is 17.6 Å². The summed E-state index contributed by atoms with van der Waals surface area (Å²) in [6.45, 7) is 2.80. The number of hydrogen-bond donors (Lipinski definition) is 2. The van der Waals surface area contributed by atoms with Crippen molar-refractivity contribution in [2.45, 2.75) is 25.9 Å². The number of rotatable bonds is 6. The summed E-state index contributed by atoms with van der Waals surface area (Å²) in [7, 11) is 0. The van der Waals surface area contributed by atoms with E-state index in [9.17, 15) is 4.79 Å². The summed E-state index contributed by atoms with van der Waals surface area (Å²) in [6.07, 6.45) is 0.952. The zero-order valence-electron chi connectivity index (χ0n) is 11.8. The van der Waals surface area contributed by atoms with Gasteiger partial charge in [-0.2, -0.15) is 0 Å². The van der Waals surface area contributed by atoms with Crippen molar-refractivity contribution in [3.63, 3.8) is 0 Å². The molecule has 0 heterocycles. The van der Waals surface area contributed by atoms with Gasteiger partial charge in [0.05, 0.1) is 5.56 Å². The fourth-order valence-corrected chi connectivity index (χ4v) is 2.43. The van der Waals surface area contributed by atoms with Crippen LogP contribution in [0.4, 0.5) is 0 Å². The summed E-state index contributed by atoms with van der Waals surface area (Å²) < 4.78 is 0. The van der Waals surface area contributed by atoms with E-state index >= 15 is 0 Å². The third-order valence-corrected chi connectivity index (χ3v) is 3.65. The van der Waals surface area contributed by atoms with E-state index in [1.165, 1.54) is 0 Å². The Kier molecular flexibility index (Phi) is 5.37. The van der Waals surface area contributed by atoms with Crippen LogP contribution in [0, 0.1) is 0 Å². The summed E-state index contributed by atoms with van der Waals surface area (Å²) in [5, 5.41) is 13.1. The molecule has 2 aromatic rings. The molecule has 2 N–H and O–H groups in total. The lowest BCUT2D eigenvalue weighted by Crippen LogP contribution is -2.20. The van der Waals surface area contributed by atoms with E-state index in [0.29, 0.717) is 12.1 Å². The van der Waals surface area contributed by atoms with Crippen molar-refractivity contribution >= 4 is 17.6 Å². The largest absolute Gasteiger partial charge is 0.478 e.